The molecule has 0 aliphatic rings. The van der Waals surface area contributed by atoms with Gasteiger partial charge in [-0.1, -0.05) is 19.9 Å². The lowest BCUT2D eigenvalue weighted by Gasteiger charge is -2.19. The lowest BCUT2D eigenvalue weighted by atomic mass is 10.0. The van der Waals surface area contributed by atoms with Crippen LogP contribution >= 0.6 is 11.3 Å². The first-order valence-corrected chi connectivity index (χ1v) is 7.00. The van der Waals surface area contributed by atoms with Crippen molar-refractivity contribution in [3.05, 3.63) is 52.0 Å². The van der Waals surface area contributed by atoms with Crippen LogP contribution in [0.5, 0.6) is 0 Å². The van der Waals surface area contributed by atoms with Crippen LogP contribution in [-0.2, 0) is 6.42 Å². The lowest BCUT2D eigenvalue weighted by Crippen LogP contribution is -2.23. The van der Waals surface area contributed by atoms with Crippen molar-refractivity contribution in [1.29, 1.82) is 0 Å². The number of thiophene rings is 1. The molecule has 17 heavy (non-hydrogen) atoms. The van der Waals surface area contributed by atoms with Crippen LogP contribution in [0.15, 0.2) is 35.2 Å². The molecule has 0 bridgehead atoms. The summed E-state index contributed by atoms with van der Waals surface area (Å²) in [6.07, 6.45) is 2.90. The molecule has 0 aromatic carbocycles. The van der Waals surface area contributed by atoms with Crippen LogP contribution in [0.25, 0.3) is 0 Å². The minimum atomic E-state index is 0.224. The number of hydrogen-bond acceptors (Lipinski definition) is 3. The first-order valence-electron chi connectivity index (χ1n) is 6.06. The molecule has 2 heterocycles. The fourth-order valence-corrected chi connectivity index (χ4v) is 2.71. The predicted molar refractivity (Wildman–Crippen MR) is 73.5 cm³/mol. The third-order valence-electron chi connectivity index (χ3n) is 2.87. The van der Waals surface area contributed by atoms with Gasteiger partial charge in [0.2, 0.25) is 0 Å². The molecule has 0 radical (unpaired) electrons. The first kappa shape index (κ1) is 12.3. The van der Waals surface area contributed by atoms with Gasteiger partial charge in [-0.3, -0.25) is 4.98 Å². The summed E-state index contributed by atoms with van der Waals surface area (Å²) in [6, 6.07) is 6.58. The van der Waals surface area contributed by atoms with Gasteiger partial charge in [-0.05, 0) is 47.0 Å². The second-order valence-corrected chi connectivity index (χ2v) is 4.73. The molecule has 2 aromatic rings. The minimum Gasteiger partial charge on any atom is -0.305 e. The Labute approximate surface area is 107 Å². The number of rotatable bonds is 5. The SMILES string of the molecule is CCNC(c1ccsc1)c1ncccc1CC. The van der Waals surface area contributed by atoms with E-state index in [1.165, 1.54) is 11.1 Å². The second kappa shape index (κ2) is 5.94. The van der Waals surface area contributed by atoms with E-state index in [2.05, 4.69) is 47.0 Å². The maximum absolute atomic E-state index is 4.57. The Hall–Kier alpha value is -1.19. The van der Waals surface area contributed by atoms with Gasteiger partial charge in [0.05, 0.1) is 11.7 Å². The summed E-state index contributed by atoms with van der Waals surface area (Å²) in [5, 5.41) is 7.84. The molecule has 2 nitrogen and oxygen atoms in total. The quantitative estimate of drug-likeness (QED) is 0.874. The minimum absolute atomic E-state index is 0.224. The van der Waals surface area contributed by atoms with Gasteiger partial charge in [-0.2, -0.15) is 11.3 Å². The first-order chi connectivity index (χ1) is 8.36. The van der Waals surface area contributed by atoms with Gasteiger partial charge in [-0.25, -0.2) is 0 Å². The Bertz CT molecular complexity index is 451. The van der Waals surface area contributed by atoms with Crippen molar-refractivity contribution < 1.29 is 0 Å². The molecular weight excluding hydrogens is 228 g/mol. The van der Waals surface area contributed by atoms with Crippen molar-refractivity contribution in [3.8, 4) is 0 Å². The fourth-order valence-electron chi connectivity index (χ4n) is 2.03. The molecule has 3 heteroatoms. The summed E-state index contributed by atoms with van der Waals surface area (Å²) in [4.78, 5) is 4.57. The zero-order chi connectivity index (χ0) is 12.1. The highest BCUT2D eigenvalue weighted by Crippen LogP contribution is 2.25. The average Bonchev–Trinajstić information content (AvgIpc) is 2.89. The van der Waals surface area contributed by atoms with Gasteiger partial charge in [0.15, 0.2) is 0 Å². The van der Waals surface area contributed by atoms with Gasteiger partial charge in [0.25, 0.3) is 0 Å². The third kappa shape index (κ3) is 2.73. The zero-order valence-electron chi connectivity index (χ0n) is 10.3. The van der Waals surface area contributed by atoms with Gasteiger partial charge < -0.3 is 5.32 Å². The number of aromatic nitrogens is 1. The zero-order valence-corrected chi connectivity index (χ0v) is 11.1. The summed E-state index contributed by atoms with van der Waals surface area (Å²) in [7, 11) is 0. The third-order valence-corrected chi connectivity index (χ3v) is 3.57. The number of pyridine rings is 1. The van der Waals surface area contributed by atoms with E-state index in [0.29, 0.717) is 0 Å². The topological polar surface area (TPSA) is 24.9 Å². The van der Waals surface area contributed by atoms with E-state index < -0.39 is 0 Å². The highest BCUT2D eigenvalue weighted by atomic mass is 32.1. The fraction of sp³-hybridized carbons (Fsp3) is 0.357. The van der Waals surface area contributed by atoms with Crippen LogP contribution < -0.4 is 5.32 Å². The molecule has 0 spiro atoms. The predicted octanol–water partition coefficient (Wildman–Crippen LogP) is 3.40. The van der Waals surface area contributed by atoms with Crippen molar-refractivity contribution >= 4 is 11.3 Å². The number of aryl methyl sites for hydroxylation is 1. The van der Waals surface area contributed by atoms with E-state index in [1.807, 2.05) is 12.3 Å². The van der Waals surface area contributed by atoms with E-state index in [-0.39, 0.29) is 6.04 Å². The highest BCUT2D eigenvalue weighted by molar-refractivity contribution is 7.08. The number of hydrogen-bond donors (Lipinski definition) is 1. The van der Waals surface area contributed by atoms with Gasteiger partial charge in [0.1, 0.15) is 0 Å². The second-order valence-electron chi connectivity index (χ2n) is 3.95. The summed E-state index contributed by atoms with van der Waals surface area (Å²) >= 11 is 1.73. The van der Waals surface area contributed by atoms with Crippen molar-refractivity contribution in [2.75, 3.05) is 6.54 Å². The van der Waals surface area contributed by atoms with E-state index in [0.717, 1.165) is 18.7 Å². The Balaban J connectivity index is 2.39. The maximum atomic E-state index is 4.57. The van der Waals surface area contributed by atoms with Crippen LogP contribution in [0.2, 0.25) is 0 Å². The molecule has 0 aliphatic heterocycles. The standard InChI is InChI=1S/C14H18N2S/c1-3-11-6-5-8-16-13(11)14(15-4-2)12-7-9-17-10-12/h5-10,14-15H,3-4H2,1-2H3. The largest absolute Gasteiger partial charge is 0.305 e. The number of nitrogens with one attached hydrogen (secondary N) is 1. The Kier molecular flexibility index (Phi) is 4.29. The van der Waals surface area contributed by atoms with E-state index in [4.69, 9.17) is 0 Å². The van der Waals surface area contributed by atoms with E-state index in [1.54, 1.807) is 11.3 Å². The van der Waals surface area contributed by atoms with Crippen LogP contribution in [0, 0.1) is 0 Å². The molecule has 1 unspecified atom stereocenters. The van der Waals surface area contributed by atoms with Crippen molar-refractivity contribution in [1.82, 2.24) is 10.3 Å². The summed E-state index contributed by atoms with van der Waals surface area (Å²) in [6.45, 7) is 5.26. The lowest BCUT2D eigenvalue weighted by molar-refractivity contribution is 0.611. The highest BCUT2D eigenvalue weighted by Gasteiger charge is 2.17. The number of nitrogens with zero attached hydrogens (tertiary/aromatic N) is 1. The van der Waals surface area contributed by atoms with Crippen LogP contribution in [0.3, 0.4) is 0 Å². The average molecular weight is 246 g/mol. The summed E-state index contributed by atoms with van der Waals surface area (Å²) < 4.78 is 0. The van der Waals surface area contributed by atoms with Crippen LogP contribution in [-0.4, -0.2) is 11.5 Å². The molecule has 2 rings (SSSR count). The van der Waals surface area contributed by atoms with E-state index in [9.17, 15) is 0 Å². The molecule has 0 amide bonds. The van der Waals surface area contributed by atoms with Crippen LogP contribution in [0.1, 0.15) is 36.7 Å². The van der Waals surface area contributed by atoms with Crippen molar-refractivity contribution in [2.24, 2.45) is 0 Å². The molecule has 0 saturated carbocycles. The Morgan fingerprint density at radius 1 is 1.35 bits per heavy atom. The molecule has 2 aromatic heterocycles. The van der Waals surface area contributed by atoms with Gasteiger partial charge in [0, 0.05) is 6.20 Å². The van der Waals surface area contributed by atoms with Gasteiger partial charge >= 0.3 is 0 Å². The molecular formula is C14H18N2S. The molecule has 1 N–H and O–H groups in total. The Morgan fingerprint density at radius 3 is 2.88 bits per heavy atom. The molecule has 0 saturated heterocycles. The molecule has 1 atom stereocenters. The maximum Gasteiger partial charge on any atom is 0.0762 e. The summed E-state index contributed by atoms with van der Waals surface area (Å²) in [5.74, 6) is 0. The normalized spacial score (nSPS) is 12.6. The van der Waals surface area contributed by atoms with Gasteiger partial charge in [-0.15, -0.1) is 0 Å². The summed E-state index contributed by atoms with van der Waals surface area (Å²) in [5.41, 5.74) is 3.80. The monoisotopic (exact) mass is 246 g/mol. The Morgan fingerprint density at radius 2 is 2.24 bits per heavy atom. The molecule has 0 aliphatic carbocycles. The van der Waals surface area contributed by atoms with E-state index >= 15 is 0 Å². The van der Waals surface area contributed by atoms with Crippen molar-refractivity contribution in [3.63, 3.8) is 0 Å². The molecule has 90 valence electrons. The molecule has 0 fully saturated rings. The smallest absolute Gasteiger partial charge is 0.0762 e. The van der Waals surface area contributed by atoms with Crippen LogP contribution in [0.4, 0.5) is 0 Å². The van der Waals surface area contributed by atoms with Crippen molar-refractivity contribution in [2.45, 2.75) is 26.3 Å².